The standard InChI is InChI=1S/C17H12N4/c1-20-12(10-18)11-19-17(20)21-15-8-4-2-6-13(15)14-7-3-5-9-16(14)21/h2-9,11H,1H3. The topological polar surface area (TPSA) is 46.5 Å². The maximum Gasteiger partial charge on any atom is 0.215 e. The summed E-state index contributed by atoms with van der Waals surface area (Å²) in [4.78, 5) is 4.43. The van der Waals surface area contributed by atoms with Gasteiger partial charge >= 0.3 is 0 Å². The highest BCUT2D eigenvalue weighted by atomic mass is 15.2. The van der Waals surface area contributed by atoms with Crippen molar-refractivity contribution in [3.63, 3.8) is 0 Å². The molecule has 0 saturated carbocycles. The first-order valence-electron chi connectivity index (χ1n) is 6.71. The van der Waals surface area contributed by atoms with Crippen molar-refractivity contribution < 1.29 is 0 Å². The minimum atomic E-state index is 0.548. The summed E-state index contributed by atoms with van der Waals surface area (Å²) < 4.78 is 3.92. The highest BCUT2D eigenvalue weighted by molar-refractivity contribution is 6.08. The quantitative estimate of drug-likeness (QED) is 0.533. The average Bonchev–Trinajstić information content (AvgIpc) is 3.05. The Bertz CT molecular complexity index is 961. The minimum Gasteiger partial charge on any atom is -0.304 e. The average molecular weight is 272 g/mol. The predicted molar refractivity (Wildman–Crippen MR) is 82.3 cm³/mol. The molecule has 21 heavy (non-hydrogen) atoms. The van der Waals surface area contributed by atoms with Gasteiger partial charge in [0.1, 0.15) is 11.8 Å². The van der Waals surface area contributed by atoms with Crippen LogP contribution in [0.3, 0.4) is 0 Å². The van der Waals surface area contributed by atoms with E-state index < -0.39 is 0 Å². The molecule has 0 fully saturated rings. The van der Waals surface area contributed by atoms with Crippen LogP contribution in [0.1, 0.15) is 5.69 Å². The van der Waals surface area contributed by atoms with Crippen molar-refractivity contribution in [2.24, 2.45) is 7.05 Å². The van der Waals surface area contributed by atoms with Crippen molar-refractivity contribution >= 4 is 21.8 Å². The summed E-state index contributed by atoms with van der Waals surface area (Å²) in [7, 11) is 1.87. The van der Waals surface area contributed by atoms with E-state index in [0.717, 1.165) is 17.0 Å². The van der Waals surface area contributed by atoms with Gasteiger partial charge in [-0.25, -0.2) is 4.98 Å². The molecular weight excluding hydrogens is 260 g/mol. The van der Waals surface area contributed by atoms with Gasteiger partial charge in [-0.1, -0.05) is 36.4 Å². The van der Waals surface area contributed by atoms with Crippen molar-refractivity contribution in [2.45, 2.75) is 0 Å². The smallest absolute Gasteiger partial charge is 0.215 e. The molecule has 4 heteroatoms. The predicted octanol–water partition coefficient (Wildman–Crippen LogP) is 3.39. The second-order valence-corrected chi connectivity index (χ2v) is 4.98. The van der Waals surface area contributed by atoms with E-state index in [-0.39, 0.29) is 0 Å². The molecule has 0 atom stereocenters. The van der Waals surface area contributed by atoms with Crippen molar-refractivity contribution in [1.82, 2.24) is 14.1 Å². The summed E-state index contributed by atoms with van der Waals surface area (Å²) in [6.45, 7) is 0. The number of nitriles is 1. The van der Waals surface area contributed by atoms with Crippen LogP contribution in [-0.4, -0.2) is 14.1 Å². The maximum atomic E-state index is 9.14. The molecule has 0 spiro atoms. The summed E-state index contributed by atoms with van der Waals surface area (Å²) in [6, 6.07) is 18.7. The SMILES string of the molecule is Cn1c(C#N)cnc1-n1c2ccccc2c2ccccc21. The lowest BCUT2D eigenvalue weighted by Gasteiger charge is -2.07. The van der Waals surface area contributed by atoms with Crippen LogP contribution < -0.4 is 0 Å². The van der Waals surface area contributed by atoms with E-state index in [1.54, 1.807) is 6.20 Å². The maximum absolute atomic E-state index is 9.14. The zero-order chi connectivity index (χ0) is 14.4. The Morgan fingerprint density at radius 1 is 0.952 bits per heavy atom. The molecule has 4 nitrogen and oxygen atoms in total. The van der Waals surface area contributed by atoms with Crippen LogP contribution in [0.5, 0.6) is 0 Å². The van der Waals surface area contributed by atoms with E-state index in [4.69, 9.17) is 5.26 Å². The van der Waals surface area contributed by atoms with Gasteiger partial charge in [-0.15, -0.1) is 0 Å². The zero-order valence-corrected chi connectivity index (χ0v) is 11.5. The number of aromatic nitrogens is 3. The molecule has 0 amide bonds. The molecule has 0 N–H and O–H groups in total. The van der Waals surface area contributed by atoms with Gasteiger partial charge in [0.05, 0.1) is 17.2 Å². The lowest BCUT2D eigenvalue weighted by molar-refractivity contribution is 0.836. The van der Waals surface area contributed by atoms with Gasteiger partial charge in [0.2, 0.25) is 5.95 Å². The van der Waals surface area contributed by atoms with E-state index in [2.05, 4.69) is 39.9 Å². The van der Waals surface area contributed by atoms with Gasteiger partial charge in [0, 0.05) is 17.8 Å². The normalized spacial score (nSPS) is 11.0. The van der Waals surface area contributed by atoms with Crippen molar-refractivity contribution in [1.29, 1.82) is 5.26 Å². The molecule has 0 unspecified atom stereocenters. The number of rotatable bonds is 1. The fraction of sp³-hybridized carbons (Fsp3) is 0.0588. The van der Waals surface area contributed by atoms with Gasteiger partial charge in [-0.3, -0.25) is 4.57 Å². The van der Waals surface area contributed by atoms with Gasteiger partial charge in [0.25, 0.3) is 0 Å². The molecule has 0 aliphatic carbocycles. The Balaban J connectivity index is 2.20. The summed E-state index contributed by atoms with van der Waals surface area (Å²) in [5, 5.41) is 11.5. The Kier molecular flexibility index (Phi) is 2.36. The second-order valence-electron chi connectivity index (χ2n) is 4.98. The third-order valence-corrected chi connectivity index (χ3v) is 3.86. The Labute approximate surface area is 121 Å². The molecule has 100 valence electrons. The van der Waals surface area contributed by atoms with Crippen LogP contribution in [0, 0.1) is 11.3 Å². The van der Waals surface area contributed by atoms with Gasteiger partial charge in [-0.05, 0) is 12.1 Å². The third-order valence-electron chi connectivity index (χ3n) is 3.86. The van der Waals surface area contributed by atoms with E-state index >= 15 is 0 Å². The van der Waals surface area contributed by atoms with Gasteiger partial charge in [-0.2, -0.15) is 5.26 Å². The summed E-state index contributed by atoms with van der Waals surface area (Å²) in [5.74, 6) is 0.754. The van der Waals surface area contributed by atoms with E-state index in [9.17, 15) is 0 Å². The molecule has 0 aliphatic heterocycles. The van der Waals surface area contributed by atoms with E-state index in [0.29, 0.717) is 5.69 Å². The second kappa shape index (κ2) is 4.22. The molecule has 0 radical (unpaired) electrons. The molecule has 4 rings (SSSR count). The first-order valence-corrected chi connectivity index (χ1v) is 6.71. The number of hydrogen-bond acceptors (Lipinski definition) is 2. The van der Waals surface area contributed by atoms with E-state index in [1.807, 2.05) is 35.9 Å². The summed E-state index contributed by atoms with van der Waals surface area (Å²) in [6.07, 6.45) is 1.61. The minimum absolute atomic E-state index is 0.548. The largest absolute Gasteiger partial charge is 0.304 e. The van der Waals surface area contributed by atoms with Gasteiger partial charge in [0.15, 0.2) is 0 Å². The number of fused-ring (bicyclic) bond motifs is 3. The van der Waals surface area contributed by atoms with E-state index in [1.165, 1.54) is 10.8 Å². The number of hydrogen-bond donors (Lipinski definition) is 0. The number of nitrogens with zero attached hydrogens (tertiary/aromatic N) is 4. The molecule has 0 saturated heterocycles. The van der Waals surface area contributed by atoms with Crippen molar-refractivity contribution in [2.75, 3.05) is 0 Å². The molecule has 2 aromatic carbocycles. The molecule has 0 aliphatic rings. The molecule has 0 bridgehead atoms. The third kappa shape index (κ3) is 1.52. The van der Waals surface area contributed by atoms with Crippen LogP contribution >= 0.6 is 0 Å². The molecule has 2 aromatic heterocycles. The summed E-state index contributed by atoms with van der Waals surface area (Å²) in [5.41, 5.74) is 2.74. The van der Waals surface area contributed by atoms with Crippen LogP contribution in [0.4, 0.5) is 0 Å². The Morgan fingerprint density at radius 3 is 2.05 bits per heavy atom. The number of imidazole rings is 1. The van der Waals surface area contributed by atoms with Crippen LogP contribution in [0.25, 0.3) is 27.8 Å². The number of para-hydroxylation sites is 2. The Morgan fingerprint density at radius 2 is 1.52 bits per heavy atom. The first-order chi connectivity index (χ1) is 10.3. The lowest BCUT2D eigenvalue weighted by Crippen LogP contribution is -2.04. The van der Waals surface area contributed by atoms with Gasteiger partial charge < -0.3 is 4.57 Å². The summed E-state index contributed by atoms with van der Waals surface area (Å²) >= 11 is 0. The van der Waals surface area contributed by atoms with Crippen molar-refractivity contribution in [3.05, 3.63) is 60.4 Å². The van der Waals surface area contributed by atoms with Crippen molar-refractivity contribution in [3.8, 4) is 12.0 Å². The van der Waals surface area contributed by atoms with Crippen LogP contribution in [0.2, 0.25) is 0 Å². The molecule has 4 aromatic rings. The Hall–Kier alpha value is -3.06. The molecular formula is C17H12N4. The number of benzene rings is 2. The molecule has 2 heterocycles. The fourth-order valence-electron chi connectivity index (χ4n) is 2.85. The highest BCUT2D eigenvalue weighted by Gasteiger charge is 2.15. The first kappa shape index (κ1) is 11.7. The fourth-order valence-corrected chi connectivity index (χ4v) is 2.85. The highest BCUT2D eigenvalue weighted by Crippen LogP contribution is 2.31. The lowest BCUT2D eigenvalue weighted by atomic mass is 10.2. The monoisotopic (exact) mass is 272 g/mol. The zero-order valence-electron chi connectivity index (χ0n) is 11.5. The van der Waals surface area contributed by atoms with Crippen LogP contribution in [0.15, 0.2) is 54.7 Å². The van der Waals surface area contributed by atoms with Crippen LogP contribution in [-0.2, 0) is 7.05 Å².